The zero-order valence-corrected chi connectivity index (χ0v) is 27.2. The molecule has 0 saturated carbocycles. The average Bonchev–Trinajstić information content (AvgIpc) is 2.98. The summed E-state index contributed by atoms with van der Waals surface area (Å²) in [5.41, 5.74) is 0.537. The van der Waals surface area contributed by atoms with Crippen LogP contribution in [0.2, 0.25) is 0 Å². The molecular weight excluding hydrogens is 630 g/mol. The molecule has 3 rings (SSSR count). The fraction of sp³-hybridized carbons (Fsp3) is 0.364. The van der Waals surface area contributed by atoms with Crippen molar-refractivity contribution in [2.75, 3.05) is 6.54 Å². The van der Waals surface area contributed by atoms with Gasteiger partial charge in [0, 0.05) is 39.5 Å². The van der Waals surface area contributed by atoms with Gasteiger partial charge < -0.3 is 34.6 Å². The monoisotopic (exact) mass is 667 g/mol. The van der Waals surface area contributed by atoms with Crippen LogP contribution >= 0.6 is 0 Å². The van der Waals surface area contributed by atoms with Gasteiger partial charge in [0.2, 0.25) is 17.6 Å². The van der Waals surface area contributed by atoms with Gasteiger partial charge >= 0.3 is 23.9 Å². The molecule has 0 spiro atoms. The van der Waals surface area contributed by atoms with Gasteiger partial charge in [-0.1, -0.05) is 44.2 Å². The number of nitrogens with one attached hydrogen (secondary N) is 1. The lowest BCUT2D eigenvalue weighted by Crippen LogP contribution is -2.57. The molecule has 0 bridgehead atoms. The number of aliphatic carboxylic acids is 1. The van der Waals surface area contributed by atoms with Gasteiger partial charge in [-0.15, -0.1) is 0 Å². The highest BCUT2D eigenvalue weighted by Crippen LogP contribution is 2.42. The second kappa shape index (κ2) is 15.8. The van der Waals surface area contributed by atoms with E-state index in [1.807, 2.05) is 0 Å². The summed E-state index contributed by atoms with van der Waals surface area (Å²) in [6.45, 7) is 7.11. The number of nitrogens with zero attached hydrogens (tertiary/aromatic N) is 2. The van der Waals surface area contributed by atoms with Gasteiger partial charge in [0.05, 0.1) is 11.7 Å². The third kappa shape index (κ3) is 9.25. The SMILES string of the molecule is CC(=O)Oc1cc(C2=CN(C(C)=O)C(C(C)C)C(=O)N2CC(=O)N[C@@H](Cc2ccccc2)C(O)C(=O)O)cc(OC(C)=O)c1OC(C)=O. The molecule has 2 unspecified atom stereocenters. The first kappa shape index (κ1) is 36.9. The lowest BCUT2D eigenvalue weighted by molar-refractivity contribution is -0.149. The number of aliphatic hydroxyl groups is 1. The van der Waals surface area contributed by atoms with Crippen LogP contribution in [0.15, 0.2) is 48.7 Å². The molecule has 0 saturated heterocycles. The average molecular weight is 668 g/mol. The minimum absolute atomic E-state index is 0.000542. The highest BCUT2D eigenvalue weighted by Gasteiger charge is 2.41. The number of carbonyl (C=O) groups is 7. The molecule has 3 amide bonds. The van der Waals surface area contributed by atoms with Crippen LogP contribution < -0.4 is 19.5 Å². The van der Waals surface area contributed by atoms with E-state index in [1.165, 1.54) is 30.2 Å². The van der Waals surface area contributed by atoms with E-state index in [4.69, 9.17) is 14.2 Å². The number of carbonyl (C=O) groups excluding carboxylic acids is 6. The van der Waals surface area contributed by atoms with E-state index in [0.29, 0.717) is 5.56 Å². The maximum absolute atomic E-state index is 14.1. The fourth-order valence-corrected chi connectivity index (χ4v) is 5.07. The Kier molecular flexibility index (Phi) is 12.2. The van der Waals surface area contributed by atoms with Gasteiger partial charge in [-0.05, 0) is 30.0 Å². The predicted octanol–water partition coefficient (Wildman–Crippen LogP) is 1.65. The minimum atomic E-state index is -2.00. The summed E-state index contributed by atoms with van der Waals surface area (Å²) in [5, 5.41) is 22.4. The summed E-state index contributed by atoms with van der Waals surface area (Å²) < 4.78 is 15.7. The van der Waals surface area contributed by atoms with Gasteiger partial charge in [0.25, 0.3) is 5.91 Å². The van der Waals surface area contributed by atoms with Crippen LogP contribution in [-0.4, -0.2) is 86.3 Å². The van der Waals surface area contributed by atoms with Gasteiger partial charge in [-0.25, -0.2) is 4.79 Å². The van der Waals surface area contributed by atoms with E-state index in [-0.39, 0.29) is 29.2 Å². The van der Waals surface area contributed by atoms with Crippen molar-refractivity contribution in [3.05, 3.63) is 59.8 Å². The van der Waals surface area contributed by atoms with E-state index in [0.717, 1.165) is 25.7 Å². The van der Waals surface area contributed by atoms with Crippen molar-refractivity contribution in [3.63, 3.8) is 0 Å². The van der Waals surface area contributed by atoms with Crippen molar-refractivity contribution >= 4 is 47.3 Å². The number of hydrogen-bond donors (Lipinski definition) is 3. The molecule has 0 radical (unpaired) electrons. The summed E-state index contributed by atoms with van der Waals surface area (Å²) in [4.78, 5) is 90.2. The highest BCUT2D eigenvalue weighted by molar-refractivity contribution is 6.00. The van der Waals surface area contributed by atoms with E-state index in [2.05, 4.69) is 5.32 Å². The predicted molar refractivity (Wildman–Crippen MR) is 167 cm³/mol. The first-order valence-electron chi connectivity index (χ1n) is 14.8. The van der Waals surface area contributed by atoms with Crippen molar-refractivity contribution in [2.24, 2.45) is 5.92 Å². The second-order valence-corrected chi connectivity index (χ2v) is 11.3. The second-order valence-electron chi connectivity index (χ2n) is 11.3. The van der Waals surface area contributed by atoms with Crippen molar-refractivity contribution in [1.29, 1.82) is 0 Å². The molecule has 1 heterocycles. The topological polar surface area (TPSA) is 206 Å². The number of amides is 3. The lowest BCUT2D eigenvalue weighted by Gasteiger charge is -2.41. The van der Waals surface area contributed by atoms with Gasteiger partial charge in [0.15, 0.2) is 17.6 Å². The zero-order chi connectivity index (χ0) is 35.9. The maximum atomic E-state index is 14.1. The maximum Gasteiger partial charge on any atom is 0.334 e. The molecule has 1 aliphatic rings. The molecular formula is C33H37N3O12. The van der Waals surface area contributed by atoms with Gasteiger partial charge in [-0.3, -0.25) is 33.7 Å². The van der Waals surface area contributed by atoms with E-state index in [9.17, 15) is 43.8 Å². The molecule has 15 heteroatoms. The molecule has 0 fully saturated rings. The highest BCUT2D eigenvalue weighted by atomic mass is 16.6. The Morgan fingerprint density at radius 3 is 1.88 bits per heavy atom. The molecule has 0 aliphatic carbocycles. The van der Waals surface area contributed by atoms with E-state index < -0.39 is 78.0 Å². The summed E-state index contributed by atoms with van der Waals surface area (Å²) in [6.07, 6.45) is -0.756. The molecule has 48 heavy (non-hydrogen) atoms. The number of benzene rings is 2. The molecule has 3 atom stereocenters. The number of aliphatic hydroxyl groups excluding tert-OH is 1. The number of esters is 3. The first-order valence-corrected chi connectivity index (χ1v) is 14.8. The Labute approximate surface area is 276 Å². The fourth-order valence-electron chi connectivity index (χ4n) is 5.07. The normalized spacial score (nSPS) is 15.6. The Hall–Kier alpha value is -5.57. The van der Waals surface area contributed by atoms with Crippen molar-refractivity contribution in [3.8, 4) is 17.2 Å². The van der Waals surface area contributed by atoms with Crippen LogP contribution in [0, 0.1) is 5.92 Å². The van der Waals surface area contributed by atoms with Gasteiger partial charge in [-0.2, -0.15) is 0 Å². The largest absolute Gasteiger partial charge is 0.479 e. The third-order valence-corrected chi connectivity index (χ3v) is 7.02. The van der Waals surface area contributed by atoms with Crippen LogP contribution in [0.25, 0.3) is 5.70 Å². The van der Waals surface area contributed by atoms with Crippen LogP contribution in [0.1, 0.15) is 52.7 Å². The van der Waals surface area contributed by atoms with E-state index >= 15 is 0 Å². The molecule has 3 N–H and O–H groups in total. The first-order chi connectivity index (χ1) is 22.5. The summed E-state index contributed by atoms with van der Waals surface area (Å²) in [5.74, 6) is -7.79. The Balaban J connectivity index is 2.18. The zero-order valence-electron chi connectivity index (χ0n) is 27.2. The molecule has 0 aromatic heterocycles. The molecule has 2 aromatic carbocycles. The van der Waals surface area contributed by atoms with Gasteiger partial charge in [0.1, 0.15) is 12.6 Å². The van der Waals surface area contributed by atoms with E-state index in [1.54, 1.807) is 44.2 Å². The lowest BCUT2D eigenvalue weighted by atomic mass is 9.96. The third-order valence-electron chi connectivity index (χ3n) is 7.02. The Bertz CT molecular complexity index is 1600. The Morgan fingerprint density at radius 2 is 1.42 bits per heavy atom. The standard InChI is InChI=1S/C33H37N3O12/c1-17(2)29-32(43)36(16-28(41)34-24(30(42)33(44)45)12-22-10-8-7-9-11-22)25(15-35(29)18(3)37)23-13-26(46-19(4)38)31(48-21(6)40)27(14-23)47-20(5)39/h7-11,13-15,17,24,29-30,42H,12,16H2,1-6H3,(H,34,41)(H,44,45)/t24-,29?,30?/m0/s1. The summed E-state index contributed by atoms with van der Waals surface area (Å²) in [6, 6.07) is 8.55. The van der Waals surface area contributed by atoms with Crippen LogP contribution in [0.5, 0.6) is 17.2 Å². The van der Waals surface area contributed by atoms with Crippen molar-refractivity contribution < 1.29 is 58.0 Å². The Morgan fingerprint density at radius 1 is 0.875 bits per heavy atom. The molecule has 1 aliphatic heterocycles. The molecule has 256 valence electrons. The molecule has 15 nitrogen and oxygen atoms in total. The van der Waals surface area contributed by atoms with Crippen molar-refractivity contribution in [1.82, 2.24) is 15.1 Å². The summed E-state index contributed by atoms with van der Waals surface area (Å²) >= 11 is 0. The number of carboxylic acid groups (broad SMARTS) is 1. The van der Waals surface area contributed by atoms with Crippen LogP contribution in [-0.2, 0) is 40.0 Å². The number of hydrogen-bond acceptors (Lipinski definition) is 11. The van der Waals surface area contributed by atoms with Crippen LogP contribution in [0.3, 0.4) is 0 Å². The van der Waals surface area contributed by atoms with Crippen molar-refractivity contribution in [2.45, 2.75) is 66.2 Å². The number of carboxylic acids is 1. The number of rotatable bonds is 12. The molecule has 2 aromatic rings. The summed E-state index contributed by atoms with van der Waals surface area (Å²) in [7, 11) is 0. The smallest absolute Gasteiger partial charge is 0.334 e. The van der Waals surface area contributed by atoms with Crippen LogP contribution in [0.4, 0.5) is 0 Å². The minimum Gasteiger partial charge on any atom is -0.479 e. The number of ether oxygens (including phenoxy) is 3. The quantitative estimate of drug-likeness (QED) is 0.218.